The van der Waals surface area contributed by atoms with Crippen LogP contribution < -0.4 is 10.2 Å². The third-order valence-electron chi connectivity index (χ3n) is 6.47. The Bertz CT molecular complexity index is 1670. The highest BCUT2D eigenvalue weighted by Crippen LogP contribution is 2.31. The van der Waals surface area contributed by atoms with Gasteiger partial charge in [0.25, 0.3) is 5.91 Å². The molecule has 5 nitrogen and oxygen atoms in total. The molecule has 178 valence electrons. The van der Waals surface area contributed by atoms with Crippen LogP contribution in [-0.2, 0) is 6.61 Å². The van der Waals surface area contributed by atoms with Crippen LogP contribution in [0.3, 0.4) is 0 Å². The molecular weight excluding hydrogens is 460 g/mol. The zero-order valence-electron chi connectivity index (χ0n) is 19.8. The number of ketones is 1. The Hall–Kier alpha value is -5.03. The lowest BCUT2D eigenvalue weighted by Crippen LogP contribution is -2.22. The summed E-state index contributed by atoms with van der Waals surface area (Å²) in [6, 6.07) is 36.5. The number of benzene rings is 5. The lowest BCUT2D eigenvalue weighted by Gasteiger charge is -2.12. The highest BCUT2D eigenvalue weighted by molar-refractivity contribution is 6.59. The molecule has 1 amide bonds. The van der Waals surface area contributed by atoms with Crippen LogP contribution in [0.25, 0.3) is 21.9 Å². The molecule has 6 rings (SSSR count). The minimum Gasteiger partial charge on any atom is -0.488 e. The maximum absolute atomic E-state index is 12.9. The first-order valence-electron chi connectivity index (χ1n) is 12.0. The Kier molecular flexibility index (Phi) is 5.79. The first kappa shape index (κ1) is 22.4. The number of hydrogen-bond acceptors (Lipinski definition) is 4. The molecule has 0 saturated heterocycles. The molecule has 0 radical (unpaired) electrons. The van der Waals surface area contributed by atoms with Crippen LogP contribution >= 0.6 is 0 Å². The highest BCUT2D eigenvalue weighted by atomic mass is 16.5. The highest BCUT2D eigenvalue weighted by Gasteiger charge is 2.28. The van der Waals surface area contributed by atoms with Crippen molar-refractivity contribution in [1.29, 1.82) is 0 Å². The van der Waals surface area contributed by atoms with E-state index in [9.17, 15) is 9.59 Å². The number of hydrogen-bond donors (Lipinski definition) is 1. The summed E-state index contributed by atoms with van der Waals surface area (Å²) in [5.74, 6) is 0.226. The van der Waals surface area contributed by atoms with E-state index in [1.165, 1.54) is 0 Å². The molecule has 1 N–H and O–H groups in total. The number of nitrogens with zero attached hydrogens (tertiary/aromatic N) is 1. The monoisotopic (exact) mass is 482 g/mol. The van der Waals surface area contributed by atoms with Crippen molar-refractivity contribution in [1.82, 2.24) is 5.43 Å². The van der Waals surface area contributed by atoms with Gasteiger partial charge < -0.3 is 4.74 Å². The molecule has 0 unspecified atom stereocenters. The van der Waals surface area contributed by atoms with Gasteiger partial charge in [0.2, 0.25) is 5.78 Å². The van der Waals surface area contributed by atoms with E-state index >= 15 is 0 Å². The number of nitrogens with one attached hydrogen (secondary N) is 1. The zero-order chi connectivity index (χ0) is 25.2. The van der Waals surface area contributed by atoms with Crippen LogP contribution in [0, 0.1) is 0 Å². The molecule has 0 heterocycles. The van der Waals surface area contributed by atoms with Crippen LogP contribution in [-0.4, -0.2) is 17.4 Å². The van der Waals surface area contributed by atoms with Gasteiger partial charge in [-0.05, 0) is 34.7 Å². The van der Waals surface area contributed by atoms with Crippen LogP contribution in [0.5, 0.6) is 5.75 Å². The smallest absolute Gasteiger partial charge is 0.271 e. The van der Waals surface area contributed by atoms with Crippen molar-refractivity contribution < 1.29 is 14.3 Å². The number of para-hydroxylation sites is 1. The van der Waals surface area contributed by atoms with Crippen LogP contribution in [0.4, 0.5) is 0 Å². The Labute approximate surface area is 214 Å². The fourth-order valence-electron chi connectivity index (χ4n) is 4.62. The standard InChI is InChI=1S/C32H22N2O3/c35-31-27-14-7-11-23-10-6-13-26(29(23)27)30(31)33-34-32(36)24-18-16-21(17-19-24)20-37-28-15-5-4-12-25(28)22-8-2-1-3-9-22/h1-19H,20H2,(H,34,36). The van der Waals surface area contributed by atoms with Crippen molar-refractivity contribution in [2.75, 3.05) is 0 Å². The molecule has 5 heteroatoms. The summed E-state index contributed by atoms with van der Waals surface area (Å²) in [6.07, 6.45) is 0. The second-order valence-corrected chi connectivity index (χ2v) is 8.79. The summed E-state index contributed by atoms with van der Waals surface area (Å²) in [7, 11) is 0. The summed E-state index contributed by atoms with van der Waals surface area (Å²) in [5.41, 5.74) is 7.64. The maximum Gasteiger partial charge on any atom is 0.271 e. The van der Waals surface area contributed by atoms with Gasteiger partial charge in [0.1, 0.15) is 18.1 Å². The molecule has 5 aromatic rings. The third-order valence-corrected chi connectivity index (χ3v) is 6.47. The molecule has 0 aromatic heterocycles. The second kappa shape index (κ2) is 9.55. The number of amides is 1. The van der Waals surface area contributed by atoms with Crippen LogP contribution in [0.2, 0.25) is 0 Å². The fourth-order valence-corrected chi connectivity index (χ4v) is 4.62. The van der Waals surface area contributed by atoms with Gasteiger partial charge >= 0.3 is 0 Å². The summed E-state index contributed by atoms with van der Waals surface area (Å²) in [6.45, 7) is 0.366. The van der Waals surface area contributed by atoms with E-state index < -0.39 is 0 Å². The van der Waals surface area contributed by atoms with Crippen molar-refractivity contribution >= 4 is 28.2 Å². The van der Waals surface area contributed by atoms with Gasteiger partial charge in [-0.25, -0.2) is 5.43 Å². The molecule has 0 atom stereocenters. The van der Waals surface area contributed by atoms with Crippen LogP contribution in [0.15, 0.2) is 120 Å². The SMILES string of the molecule is O=C(NN=C1C(=O)c2cccc3cccc1c23)c1ccc(COc2ccccc2-c2ccccc2)cc1. The van der Waals surface area contributed by atoms with E-state index in [2.05, 4.69) is 22.7 Å². The first-order chi connectivity index (χ1) is 18.2. The molecular formula is C32H22N2O3. The lowest BCUT2D eigenvalue weighted by molar-refractivity contribution is 0.0955. The first-order valence-corrected chi connectivity index (χ1v) is 12.0. The molecule has 5 aromatic carbocycles. The van der Waals surface area contributed by atoms with Gasteiger partial charge in [0.05, 0.1) is 0 Å². The van der Waals surface area contributed by atoms with Gasteiger partial charge in [-0.3, -0.25) is 9.59 Å². The molecule has 0 fully saturated rings. The summed E-state index contributed by atoms with van der Waals surface area (Å²) in [5, 5.41) is 6.05. The molecule has 0 spiro atoms. The van der Waals surface area contributed by atoms with Crippen molar-refractivity contribution in [2.45, 2.75) is 6.61 Å². The van der Waals surface area contributed by atoms with Crippen molar-refractivity contribution in [3.8, 4) is 16.9 Å². The van der Waals surface area contributed by atoms with Gasteiger partial charge in [-0.1, -0.05) is 97.1 Å². The van der Waals surface area contributed by atoms with Crippen molar-refractivity contribution in [3.63, 3.8) is 0 Å². The minimum atomic E-state index is -0.384. The number of carbonyl (C=O) groups excluding carboxylic acids is 2. The number of rotatable bonds is 6. The predicted octanol–water partition coefficient (Wildman–Crippen LogP) is 6.42. The number of ether oxygens (including phenoxy) is 1. The van der Waals surface area contributed by atoms with E-state index in [1.807, 2.05) is 84.9 Å². The molecule has 1 aliphatic rings. The van der Waals surface area contributed by atoms with Crippen molar-refractivity contribution in [2.24, 2.45) is 5.10 Å². The Morgan fingerprint density at radius 1 is 0.703 bits per heavy atom. The number of hydrazone groups is 1. The van der Waals surface area contributed by atoms with Crippen LogP contribution in [0.1, 0.15) is 31.8 Å². The normalized spacial score (nSPS) is 13.2. The topological polar surface area (TPSA) is 67.8 Å². The summed E-state index contributed by atoms with van der Waals surface area (Å²) in [4.78, 5) is 25.6. The van der Waals surface area contributed by atoms with Crippen molar-refractivity contribution in [3.05, 3.63) is 138 Å². The number of carbonyl (C=O) groups is 2. The average Bonchev–Trinajstić information content (AvgIpc) is 3.23. The Balaban J connectivity index is 1.14. The second-order valence-electron chi connectivity index (χ2n) is 8.79. The van der Waals surface area contributed by atoms with E-state index in [4.69, 9.17) is 4.74 Å². The Morgan fingerprint density at radius 3 is 2.16 bits per heavy atom. The molecule has 0 saturated carbocycles. The van der Waals surface area contributed by atoms with Gasteiger partial charge in [-0.15, -0.1) is 0 Å². The third kappa shape index (κ3) is 4.28. The van der Waals surface area contributed by atoms with E-state index in [1.54, 1.807) is 18.2 Å². The molecule has 0 aliphatic heterocycles. The maximum atomic E-state index is 12.9. The minimum absolute atomic E-state index is 0.185. The summed E-state index contributed by atoms with van der Waals surface area (Å²) < 4.78 is 6.10. The quantitative estimate of drug-likeness (QED) is 0.284. The van der Waals surface area contributed by atoms with E-state index in [0.29, 0.717) is 17.7 Å². The van der Waals surface area contributed by atoms with Gasteiger partial charge in [-0.2, -0.15) is 5.10 Å². The Morgan fingerprint density at radius 2 is 1.38 bits per heavy atom. The fraction of sp³-hybridized carbons (Fsp3) is 0.0312. The average molecular weight is 483 g/mol. The number of Topliss-reactive ketones (excluding diaryl/α,β-unsaturated/α-hetero) is 1. The predicted molar refractivity (Wildman–Crippen MR) is 145 cm³/mol. The molecule has 37 heavy (non-hydrogen) atoms. The lowest BCUT2D eigenvalue weighted by atomic mass is 10.0. The largest absolute Gasteiger partial charge is 0.488 e. The molecule has 1 aliphatic carbocycles. The zero-order valence-corrected chi connectivity index (χ0v) is 19.8. The van der Waals surface area contributed by atoms with Gasteiger partial charge in [0.15, 0.2) is 0 Å². The van der Waals surface area contributed by atoms with Gasteiger partial charge in [0, 0.05) is 27.6 Å². The molecule has 0 bridgehead atoms. The van der Waals surface area contributed by atoms with E-state index in [0.717, 1.165) is 38.8 Å². The summed E-state index contributed by atoms with van der Waals surface area (Å²) >= 11 is 0. The van der Waals surface area contributed by atoms with E-state index in [-0.39, 0.29) is 17.4 Å².